The van der Waals surface area contributed by atoms with Gasteiger partial charge in [0.25, 0.3) is 0 Å². The summed E-state index contributed by atoms with van der Waals surface area (Å²) in [6.07, 6.45) is 0. The average Bonchev–Trinajstić information content (AvgIpc) is 3.73. The Balaban J connectivity index is 1.26. The molecule has 0 N–H and O–H groups in total. The summed E-state index contributed by atoms with van der Waals surface area (Å²) in [5, 5.41) is 1.87. The number of hydrogen-bond donors (Lipinski definition) is 0. The van der Waals surface area contributed by atoms with Crippen molar-refractivity contribution in [2.75, 3.05) is 4.90 Å². The Bertz CT molecular complexity index is 3180. The fourth-order valence-corrected chi connectivity index (χ4v) is 9.90. The minimum atomic E-state index is -0.676. The molecular weight excluding hydrogens is 687 g/mol. The number of hydrogen-bond acceptors (Lipinski definition) is 1. The van der Waals surface area contributed by atoms with Crippen molar-refractivity contribution in [3.8, 4) is 33.4 Å². The van der Waals surface area contributed by atoms with Crippen LogP contribution < -0.4 is 4.90 Å². The van der Waals surface area contributed by atoms with Crippen LogP contribution in [0.4, 0.5) is 17.1 Å². The van der Waals surface area contributed by atoms with Crippen LogP contribution in [-0.2, 0) is 10.8 Å². The van der Waals surface area contributed by atoms with Gasteiger partial charge in [0.2, 0.25) is 0 Å². The molecule has 0 saturated carbocycles. The molecule has 0 atom stereocenters. The van der Waals surface area contributed by atoms with Crippen LogP contribution in [0.3, 0.4) is 0 Å². The first-order chi connectivity index (χ1) is 29.7. The zero-order valence-electron chi connectivity index (χ0n) is 35.8. The topological polar surface area (TPSA) is 3.24 Å². The normalized spacial score (nSPS) is 15.1. The number of nitrogens with zero attached hydrogens (tertiary/aromatic N) is 1. The van der Waals surface area contributed by atoms with E-state index in [4.69, 9.17) is 0 Å². The van der Waals surface area contributed by atoms with Gasteiger partial charge in [-0.1, -0.05) is 196 Å². The zero-order valence-corrected chi connectivity index (χ0v) is 31.8. The molecule has 1 nitrogen and oxygen atoms in total. The lowest BCUT2D eigenvalue weighted by molar-refractivity contribution is 0.660. The first kappa shape index (κ1) is 29.3. The first-order valence-corrected chi connectivity index (χ1v) is 19.7. The molecule has 9 aromatic carbocycles. The molecule has 0 unspecified atom stereocenters. The van der Waals surface area contributed by atoms with Gasteiger partial charge in [0.1, 0.15) is 0 Å². The molecule has 0 amide bonds. The van der Waals surface area contributed by atoms with Gasteiger partial charge in [0.15, 0.2) is 0 Å². The molecule has 270 valence electrons. The standard InChI is InChI=1S/C56H41N/c1-55(2)49-30-13-11-27-46(49)47-35-34-43(37-52(47)55)57(42-25-15-20-39(36-42)45-29-16-19-38-18-9-10-26-44(38)45)53-33-17-32-51-54(53)48-28-12-14-31-50(48)56(51,40-21-5-3-6-22-40)41-23-7-4-8-24-41/h3-37H,1-2H3/i15D,20D,25D,36D. The van der Waals surface area contributed by atoms with Crippen LogP contribution in [0.15, 0.2) is 212 Å². The predicted octanol–water partition coefficient (Wildman–Crippen LogP) is 14.6. The Morgan fingerprint density at radius 1 is 0.456 bits per heavy atom. The third-order valence-corrected chi connectivity index (χ3v) is 12.4. The molecule has 9 aromatic rings. The second kappa shape index (κ2) is 12.8. The van der Waals surface area contributed by atoms with E-state index in [1.807, 2.05) is 42.5 Å². The summed E-state index contributed by atoms with van der Waals surface area (Å²) in [5.41, 5.74) is 13.3. The van der Waals surface area contributed by atoms with Crippen molar-refractivity contribution in [3.05, 3.63) is 246 Å². The van der Waals surface area contributed by atoms with Gasteiger partial charge in [0.05, 0.1) is 16.6 Å². The van der Waals surface area contributed by atoms with E-state index in [-0.39, 0.29) is 35.3 Å². The van der Waals surface area contributed by atoms with Gasteiger partial charge in [-0.2, -0.15) is 0 Å². The highest BCUT2D eigenvalue weighted by Crippen LogP contribution is 2.60. The quantitative estimate of drug-likeness (QED) is 0.165. The molecule has 0 bridgehead atoms. The molecule has 0 spiro atoms. The van der Waals surface area contributed by atoms with Crippen molar-refractivity contribution in [2.45, 2.75) is 24.7 Å². The monoisotopic (exact) mass is 731 g/mol. The Hall–Kier alpha value is -6.96. The maximum atomic E-state index is 10.2. The maximum Gasteiger partial charge on any atom is 0.0714 e. The lowest BCUT2D eigenvalue weighted by Crippen LogP contribution is -2.28. The first-order valence-electron chi connectivity index (χ1n) is 21.7. The van der Waals surface area contributed by atoms with Crippen LogP contribution in [0.25, 0.3) is 44.2 Å². The minimum Gasteiger partial charge on any atom is -0.310 e. The third-order valence-electron chi connectivity index (χ3n) is 12.4. The van der Waals surface area contributed by atoms with E-state index in [1.54, 1.807) is 0 Å². The van der Waals surface area contributed by atoms with E-state index in [9.17, 15) is 5.48 Å². The van der Waals surface area contributed by atoms with Crippen LogP contribution in [0.5, 0.6) is 0 Å². The molecule has 0 heterocycles. The van der Waals surface area contributed by atoms with Crippen molar-refractivity contribution in [1.82, 2.24) is 0 Å². The van der Waals surface area contributed by atoms with Crippen LogP contribution >= 0.6 is 0 Å². The van der Waals surface area contributed by atoms with Crippen molar-refractivity contribution in [2.24, 2.45) is 0 Å². The molecule has 0 radical (unpaired) electrons. The van der Waals surface area contributed by atoms with Crippen LogP contribution in [-0.4, -0.2) is 0 Å². The molecule has 0 aliphatic heterocycles. The number of fused-ring (bicyclic) bond motifs is 7. The van der Waals surface area contributed by atoms with E-state index >= 15 is 0 Å². The van der Waals surface area contributed by atoms with E-state index < -0.39 is 5.41 Å². The van der Waals surface area contributed by atoms with E-state index in [2.05, 4.69) is 164 Å². The number of benzene rings is 9. The van der Waals surface area contributed by atoms with Gasteiger partial charge in [-0.25, -0.2) is 0 Å². The largest absolute Gasteiger partial charge is 0.310 e. The third kappa shape index (κ3) is 4.89. The molecule has 0 fully saturated rings. The summed E-state index contributed by atoms with van der Waals surface area (Å²) >= 11 is 0. The second-order valence-corrected chi connectivity index (χ2v) is 15.7. The van der Waals surface area contributed by atoms with Crippen LogP contribution in [0.1, 0.15) is 52.7 Å². The number of anilines is 3. The van der Waals surface area contributed by atoms with Crippen LogP contribution in [0, 0.1) is 0 Å². The fraction of sp³-hybridized carbons (Fsp3) is 0.0714. The molecule has 1 heteroatoms. The van der Waals surface area contributed by atoms with Gasteiger partial charge in [-0.3, -0.25) is 0 Å². The highest BCUT2D eigenvalue weighted by molar-refractivity contribution is 6.00. The summed E-state index contributed by atoms with van der Waals surface area (Å²) in [6, 6.07) is 65.0. The molecule has 2 aliphatic carbocycles. The smallest absolute Gasteiger partial charge is 0.0714 e. The second-order valence-electron chi connectivity index (χ2n) is 15.7. The summed E-state index contributed by atoms with van der Waals surface area (Å²) < 4.78 is 38.8. The van der Waals surface area contributed by atoms with Gasteiger partial charge < -0.3 is 4.90 Å². The number of rotatable bonds is 6. The highest BCUT2D eigenvalue weighted by atomic mass is 15.1. The van der Waals surface area contributed by atoms with E-state index in [0.717, 1.165) is 66.7 Å². The van der Waals surface area contributed by atoms with Gasteiger partial charge in [-0.15, -0.1) is 0 Å². The highest BCUT2D eigenvalue weighted by Gasteiger charge is 2.47. The van der Waals surface area contributed by atoms with E-state index in [1.165, 1.54) is 11.1 Å². The summed E-state index contributed by atoms with van der Waals surface area (Å²) in [5.74, 6) is 0. The fourth-order valence-electron chi connectivity index (χ4n) is 9.90. The Morgan fingerprint density at radius 2 is 1.05 bits per heavy atom. The maximum absolute atomic E-state index is 10.2. The van der Waals surface area contributed by atoms with Crippen molar-refractivity contribution in [3.63, 3.8) is 0 Å². The molecule has 2 aliphatic rings. The average molecular weight is 732 g/mol. The Kier molecular flexibility index (Phi) is 6.59. The Labute approximate surface area is 340 Å². The lowest BCUT2D eigenvalue weighted by atomic mass is 9.68. The van der Waals surface area contributed by atoms with Gasteiger partial charge >= 0.3 is 0 Å². The Morgan fingerprint density at radius 3 is 1.84 bits per heavy atom. The van der Waals surface area contributed by atoms with Crippen LogP contribution in [0.2, 0.25) is 0 Å². The van der Waals surface area contributed by atoms with Crippen molar-refractivity contribution >= 4 is 27.8 Å². The van der Waals surface area contributed by atoms with Crippen molar-refractivity contribution in [1.29, 1.82) is 0 Å². The summed E-state index contributed by atoms with van der Waals surface area (Å²) in [6.45, 7) is 4.52. The molecule has 11 rings (SSSR count). The molecular formula is C56H41N. The SMILES string of the molecule is [2H]c1c([2H])c(-c2cccc3ccccc23)c([2H])c(N(c2ccc3c(c2)C(C)(C)c2ccccc2-3)c2cccc3c2-c2ccccc2C3(c2ccccc2)c2ccccc2)c1[2H]. The molecule has 0 aromatic heterocycles. The summed E-state index contributed by atoms with van der Waals surface area (Å²) in [4.78, 5) is 2.05. The molecule has 0 saturated heterocycles. The molecule has 57 heavy (non-hydrogen) atoms. The zero-order chi connectivity index (χ0) is 41.6. The summed E-state index contributed by atoms with van der Waals surface area (Å²) in [7, 11) is 0. The minimum absolute atomic E-state index is 0.0339. The lowest BCUT2D eigenvalue weighted by Gasteiger charge is -2.34. The predicted molar refractivity (Wildman–Crippen MR) is 239 cm³/mol. The van der Waals surface area contributed by atoms with Gasteiger partial charge in [-0.05, 0) is 102 Å². The van der Waals surface area contributed by atoms with Crippen molar-refractivity contribution < 1.29 is 5.48 Å². The van der Waals surface area contributed by atoms with E-state index in [0.29, 0.717) is 11.1 Å². The van der Waals surface area contributed by atoms with Gasteiger partial charge in [0, 0.05) is 22.4 Å².